The topological polar surface area (TPSA) is 54.2 Å². The van der Waals surface area contributed by atoms with Gasteiger partial charge in [-0.25, -0.2) is 14.4 Å². The summed E-state index contributed by atoms with van der Waals surface area (Å²) in [5.74, 6) is 0.527. The van der Waals surface area contributed by atoms with Gasteiger partial charge in [-0.1, -0.05) is 36.4 Å². The van der Waals surface area contributed by atoms with Crippen LogP contribution in [0.3, 0.4) is 0 Å². The lowest BCUT2D eigenvalue weighted by atomic mass is 10.1. The summed E-state index contributed by atoms with van der Waals surface area (Å²) >= 11 is 0. The van der Waals surface area contributed by atoms with Crippen LogP contribution in [0.5, 0.6) is 0 Å². The Bertz CT molecular complexity index is 925. The van der Waals surface area contributed by atoms with Crippen LogP contribution >= 0.6 is 24.0 Å². The average Bonchev–Trinajstić information content (AvgIpc) is 3.20. The molecule has 0 radical (unpaired) electrons. The fraction of sp³-hybridized carbons (Fsp3) is 0.273. The zero-order valence-corrected chi connectivity index (χ0v) is 19.1. The molecule has 0 bridgehead atoms. The normalized spacial score (nSPS) is 11.1. The minimum absolute atomic E-state index is 0. The molecular weight excluding hydrogens is 480 g/mol. The van der Waals surface area contributed by atoms with Crippen LogP contribution in [0, 0.1) is 12.7 Å². The van der Waals surface area contributed by atoms with Crippen LogP contribution < -0.4 is 10.6 Å². The van der Waals surface area contributed by atoms with E-state index in [1.165, 1.54) is 5.56 Å². The van der Waals surface area contributed by atoms with Crippen molar-refractivity contribution in [2.45, 2.75) is 33.5 Å². The van der Waals surface area contributed by atoms with Crippen molar-refractivity contribution in [3.63, 3.8) is 0 Å². The van der Waals surface area contributed by atoms with Gasteiger partial charge < -0.3 is 15.2 Å². The highest BCUT2D eigenvalue weighted by molar-refractivity contribution is 14.0. The maximum Gasteiger partial charge on any atom is 0.191 e. The van der Waals surface area contributed by atoms with Crippen molar-refractivity contribution in [1.29, 1.82) is 0 Å². The lowest BCUT2D eigenvalue weighted by Gasteiger charge is -2.12. The number of hydrogen-bond acceptors (Lipinski definition) is 2. The second kappa shape index (κ2) is 11.5. The van der Waals surface area contributed by atoms with Gasteiger partial charge in [-0.15, -0.1) is 24.0 Å². The number of rotatable bonds is 7. The maximum absolute atomic E-state index is 13.7. The average molecular weight is 507 g/mol. The van der Waals surface area contributed by atoms with E-state index in [1.807, 2.05) is 36.1 Å². The molecule has 5 nitrogen and oxygen atoms in total. The zero-order chi connectivity index (χ0) is 19.8. The Balaban J connectivity index is 0.00000300. The van der Waals surface area contributed by atoms with Crippen LogP contribution in [0.4, 0.5) is 4.39 Å². The Kier molecular flexibility index (Phi) is 9.11. The Labute approximate surface area is 188 Å². The van der Waals surface area contributed by atoms with E-state index < -0.39 is 0 Å². The Morgan fingerprint density at radius 3 is 2.66 bits per heavy atom. The van der Waals surface area contributed by atoms with Crippen LogP contribution in [-0.4, -0.2) is 22.1 Å². The monoisotopic (exact) mass is 507 g/mol. The van der Waals surface area contributed by atoms with E-state index >= 15 is 0 Å². The predicted octanol–water partition coefficient (Wildman–Crippen LogP) is 4.25. The first-order valence-electron chi connectivity index (χ1n) is 9.45. The van der Waals surface area contributed by atoms with Crippen molar-refractivity contribution in [3.05, 3.63) is 89.3 Å². The smallest absolute Gasteiger partial charge is 0.191 e. The minimum Gasteiger partial charge on any atom is -0.357 e. The molecule has 0 aliphatic rings. The third kappa shape index (κ3) is 7.16. The fourth-order valence-corrected chi connectivity index (χ4v) is 2.86. The van der Waals surface area contributed by atoms with Crippen LogP contribution in [0.2, 0.25) is 0 Å². The van der Waals surface area contributed by atoms with Crippen molar-refractivity contribution in [1.82, 2.24) is 20.2 Å². The number of imidazole rings is 1. The number of nitrogens with one attached hydrogen (secondary N) is 2. The second-order valence-corrected chi connectivity index (χ2v) is 6.69. The molecule has 0 atom stereocenters. The van der Waals surface area contributed by atoms with Crippen LogP contribution in [0.15, 0.2) is 66.2 Å². The molecule has 0 fully saturated rings. The molecule has 3 aromatic rings. The highest BCUT2D eigenvalue weighted by Gasteiger charge is 2.03. The first-order chi connectivity index (χ1) is 13.6. The number of aromatic nitrogens is 2. The van der Waals surface area contributed by atoms with Crippen molar-refractivity contribution < 1.29 is 4.39 Å². The number of halogens is 2. The van der Waals surface area contributed by atoms with Gasteiger partial charge in [0.15, 0.2) is 5.96 Å². The third-order valence-corrected chi connectivity index (χ3v) is 4.38. The minimum atomic E-state index is -0.184. The molecule has 2 aromatic carbocycles. The van der Waals surface area contributed by atoms with Crippen molar-refractivity contribution in [3.8, 4) is 0 Å². The van der Waals surface area contributed by atoms with Gasteiger partial charge in [0.1, 0.15) is 5.82 Å². The van der Waals surface area contributed by atoms with Crippen molar-refractivity contribution in [2.24, 2.45) is 4.99 Å². The fourth-order valence-electron chi connectivity index (χ4n) is 2.86. The largest absolute Gasteiger partial charge is 0.357 e. The van der Waals surface area contributed by atoms with Crippen LogP contribution in [0.1, 0.15) is 29.2 Å². The SMILES string of the molecule is CCNC(=NCc1cccc(Cn2ccnc2)c1)NCc1ccc(C)c(F)c1.I. The molecule has 3 rings (SSSR count). The number of aryl methyl sites for hydroxylation is 1. The second-order valence-electron chi connectivity index (χ2n) is 6.69. The highest BCUT2D eigenvalue weighted by atomic mass is 127. The zero-order valence-electron chi connectivity index (χ0n) is 16.7. The van der Waals surface area contributed by atoms with Crippen LogP contribution in [0.25, 0.3) is 0 Å². The molecule has 0 unspecified atom stereocenters. The van der Waals surface area contributed by atoms with Crippen molar-refractivity contribution in [2.75, 3.05) is 6.54 Å². The lowest BCUT2D eigenvalue weighted by Crippen LogP contribution is -2.36. The molecular formula is C22H27FIN5. The molecule has 2 N–H and O–H groups in total. The van der Waals surface area contributed by atoms with E-state index in [2.05, 4.69) is 38.8 Å². The van der Waals surface area contributed by atoms with E-state index in [-0.39, 0.29) is 29.8 Å². The quantitative estimate of drug-likeness (QED) is 0.286. The molecule has 0 saturated carbocycles. The number of hydrogen-bond donors (Lipinski definition) is 2. The number of aliphatic imine (C=N–C) groups is 1. The number of nitrogens with zero attached hydrogens (tertiary/aromatic N) is 3. The maximum atomic E-state index is 13.7. The van der Waals surface area contributed by atoms with E-state index in [0.717, 1.165) is 24.2 Å². The summed E-state index contributed by atoms with van der Waals surface area (Å²) < 4.78 is 15.8. The summed E-state index contributed by atoms with van der Waals surface area (Å²) in [6.07, 6.45) is 5.54. The standard InChI is InChI=1S/C22H26FN5.HI/c1-3-25-22(27-14-19-8-7-17(2)21(23)12-19)26-13-18-5-4-6-20(11-18)15-28-10-9-24-16-28;/h4-12,16H,3,13-15H2,1-2H3,(H2,25,26,27);1H. The van der Waals surface area contributed by atoms with E-state index in [0.29, 0.717) is 24.6 Å². The molecule has 0 spiro atoms. The van der Waals surface area contributed by atoms with Gasteiger partial charge in [0.05, 0.1) is 12.9 Å². The summed E-state index contributed by atoms with van der Waals surface area (Å²) in [5.41, 5.74) is 3.88. The molecule has 0 saturated heterocycles. The first kappa shape index (κ1) is 22.9. The Morgan fingerprint density at radius 1 is 1.10 bits per heavy atom. The predicted molar refractivity (Wildman–Crippen MR) is 126 cm³/mol. The summed E-state index contributed by atoms with van der Waals surface area (Å²) in [6.45, 7) is 6.41. The van der Waals surface area contributed by atoms with E-state index in [4.69, 9.17) is 0 Å². The molecule has 0 aliphatic heterocycles. The molecule has 154 valence electrons. The van der Waals surface area contributed by atoms with Gasteiger partial charge in [0.2, 0.25) is 0 Å². The number of benzene rings is 2. The van der Waals surface area contributed by atoms with Gasteiger partial charge in [0, 0.05) is 32.0 Å². The summed E-state index contributed by atoms with van der Waals surface area (Å²) in [5, 5.41) is 6.50. The van der Waals surface area contributed by atoms with Crippen molar-refractivity contribution >= 4 is 29.9 Å². The van der Waals surface area contributed by atoms with Gasteiger partial charge in [-0.05, 0) is 42.2 Å². The van der Waals surface area contributed by atoms with Crippen LogP contribution in [-0.2, 0) is 19.6 Å². The first-order valence-corrected chi connectivity index (χ1v) is 9.45. The highest BCUT2D eigenvalue weighted by Crippen LogP contribution is 2.10. The molecule has 1 aromatic heterocycles. The summed E-state index contributed by atoms with van der Waals surface area (Å²) in [4.78, 5) is 8.74. The van der Waals surface area contributed by atoms with Gasteiger partial charge in [-0.2, -0.15) is 0 Å². The summed E-state index contributed by atoms with van der Waals surface area (Å²) in [7, 11) is 0. The van der Waals surface area contributed by atoms with Gasteiger partial charge >= 0.3 is 0 Å². The molecule has 0 aliphatic carbocycles. The Morgan fingerprint density at radius 2 is 1.93 bits per heavy atom. The van der Waals surface area contributed by atoms with Gasteiger partial charge in [-0.3, -0.25) is 0 Å². The number of guanidine groups is 1. The van der Waals surface area contributed by atoms with Gasteiger partial charge in [0.25, 0.3) is 0 Å². The molecule has 0 amide bonds. The van der Waals surface area contributed by atoms with E-state index in [9.17, 15) is 4.39 Å². The Hall–Kier alpha value is -2.42. The molecule has 29 heavy (non-hydrogen) atoms. The lowest BCUT2D eigenvalue weighted by molar-refractivity contribution is 0.615. The molecule has 7 heteroatoms. The summed E-state index contributed by atoms with van der Waals surface area (Å²) in [6, 6.07) is 13.7. The third-order valence-electron chi connectivity index (χ3n) is 4.38. The molecule has 1 heterocycles. The van der Waals surface area contributed by atoms with E-state index in [1.54, 1.807) is 25.3 Å².